The van der Waals surface area contributed by atoms with E-state index in [9.17, 15) is 85.9 Å². The van der Waals surface area contributed by atoms with Gasteiger partial charge in [0.05, 0.1) is 47.7 Å². The molecule has 40 nitrogen and oxygen atoms in total. The van der Waals surface area contributed by atoms with E-state index in [2.05, 4.69) is 38.8 Å². The molecule has 7 aromatic rings. The van der Waals surface area contributed by atoms with E-state index in [0.29, 0.717) is 12.8 Å². The number of amides is 6. The Morgan fingerprint density at radius 2 is 1.07 bits per heavy atom. The second-order valence-corrected chi connectivity index (χ2v) is 34.4. The van der Waals surface area contributed by atoms with Crippen LogP contribution in [0.3, 0.4) is 0 Å². The number of aromatic hydroxyl groups is 4. The van der Waals surface area contributed by atoms with Crippen LogP contribution in [0.1, 0.15) is 160 Å². The third-order valence-electron chi connectivity index (χ3n) is 24.2. The van der Waals surface area contributed by atoms with Crippen molar-refractivity contribution < 1.29 is 162 Å². The van der Waals surface area contributed by atoms with E-state index in [0.717, 1.165) is 100 Å². The van der Waals surface area contributed by atoms with Crippen LogP contribution in [0.15, 0.2) is 115 Å². The molecule has 22 atom stereocenters. The predicted molar refractivity (Wildman–Crippen MR) is 464 cm³/mol. The van der Waals surface area contributed by atoms with Crippen molar-refractivity contribution in [2.45, 2.75) is 238 Å². The zero-order valence-corrected chi connectivity index (χ0v) is 73.6. The molecule has 3 fully saturated rings. The van der Waals surface area contributed by atoms with Gasteiger partial charge in [-0.3, -0.25) is 38.4 Å². The second kappa shape index (κ2) is 44.2. The number of aliphatic hydroxyl groups excluding tert-OH is 10. The van der Waals surface area contributed by atoms with Crippen LogP contribution < -0.4 is 61.3 Å². The highest BCUT2D eigenvalue weighted by atomic mass is 35.5. The third-order valence-corrected chi connectivity index (χ3v) is 24.8. The highest BCUT2D eigenvalue weighted by Crippen LogP contribution is 2.51. The second-order valence-electron chi connectivity index (χ2n) is 33.6. The summed E-state index contributed by atoms with van der Waals surface area (Å²) in [7, 11) is 0. The van der Waals surface area contributed by atoms with Gasteiger partial charge in [0.15, 0.2) is 40.9 Å². The highest BCUT2D eigenvalue weighted by molar-refractivity contribution is 6.32. The fourth-order valence-electron chi connectivity index (χ4n) is 17.1. The van der Waals surface area contributed by atoms with E-state index in [-0.39, 0.29) is 79.4 Å². The minimum absolute atomic E-state index is 0.0736. The number of nitrogens with two attached hydrogens (primary N) is 1. The highest BCUT2D eigenvalue weighted by Gasteiger charge is 2.52. The molecule has 0 aromatic heterocycles. The van der Waals surface area contributed by atoms with Gasteiger partial charge in [0.2, 0.25) is 53.8 Å². The Morgan fingerprint density at radius 3 is 1.71 bits per heavy atom. The van der Waals surface area contributed by atoms with Gasteiger partial charge >= 0.3 is 6.15 Å². The standard InChI is InChI=1S/C91H103Cl2N7O31.CO2/c1-3-4-5-6-7-8-9-10-11-12-69(111)98-74-80(116)77(113)67(37-102)128-90(74)131-84-64-29-45-30-65(84)125-61-20-16-43(27-54(61)93)83(130-89-73(96-39(2)104)79(115)76(112)66(36-101)127-89)75-88(122)95-35-46-24-48(106)32-63(126-91-82(118)81(117)78(114)68(38-103)129-91)70(46)52-26-41(14-17-56(52)107)50(85(119)100-75)34-59(110)72(45)99-86(120)51-33-58(109)55(22-40-13-19-60(124-64)53(92)21-40)97-87(121)71(94)42-15-18-57(108)62(28-42)123-49-25-44(51)23-47(105)31-49;2-1-3/h13-21,23-32,50-51,55,66-68,71-83,89-91,101-103,105-108,112-118H,3-12,22,33-38,94H2,1-2H3,(H,95,122)(H,96,104)(H,97,121)(H,98,111)(H,99,120)(H,100,119);/t50-,51+,55-,66?,67?,68?,71-,72-,73?,74?,75+,76-,77-,78-,79-,80-,81?,82-,83-,89+,90+,91+;/m1./s1. The van der Waals surface area contributed by atoms with Crippen molar-refractivity contribution >= 4 is 76.4 Å². The first-order valence-corrected chi connectivity index (χ1v) is 44.1. The van der Waals surface area contributed by atoms with Gasteiger partial charge in [-0.25, -0.2) is 0 Å². The average Bonchev–Trinajstić information content (AvgIpc) is 0.764. The van der Waals surface area contributed by atoms with E-state index in [1.165, 1.54) is 66.7 Å². The molecular formula is C92H103Cl2N7O33. The number of phenolic OH excluding ortho intramolecular Hbond substituents is 4. The molecule has 3 saturated heterocycles. The van der Waals surface area contributed by atoms with Gasteiger partial charge in [0, 0.05) is 56.0 Å². The molecule has 9 aliphatic rings. The number of carbonyl (C=O) groups is 8. The first-order chi connectivity index (χ1) is 64.1. The smallest absolute Gasteiger partial charge is 0.373 e. The molecule has 6 amide bonds. The molecule has 0 radical (unpaired) electrons. The van der Waals surface area contributed by atoms with Gasteiger partial charge in [-0.1, -0.05) is 106 Å². The number of hydrogen-bond donors (Lipinski definition) is 21. The van der Waals surface area contributed by atoms with Gasteiger partial charge in [0.25, 0.3) is 0 Å². The number of ether oxygens (including phenoxy) is 9. The number of benzene rings is 7. The molecule has 9 heterocycles. The van der Waals surface area contributed by atoms with E-state index < -0.39 is 289 Å². The summed E-state index contributed by atoms with van der Waals surface area (Å²) in [5.41, 5.74) is 5.01. The molecule has 0 aliphatic carbocycles. The fraction of sp³-hybridized carbons (Fsp3) is 0.446. The third kappa shape index (κ3) is 22.7. The SMILES string of the molecule is CCCCCCCCCCCC(=O)NC1[C@H](Oc2c3cc4cc2Oc2ccc(cc2Cl)[C@@H](O[C@@H]2OC(CO)[C@@H](O)[C@H](O)C2NC(C)=O)[C@@H]2NC(=O)[C@H](CC(=O)[C@@H]4NC(=O)[C@H]4CC(=O)[C@@H](Cc5ccc(c(Cl)c5)O3)NC(=O)[C@H](N)c3ccc(O)c(c3)Oc3cc(O)cc4c3)c3ccc(O)c(c3)-c3c(cc(O)cc3O[C@H]3OC(CO)[C@@H](O)C(O)[C@H]3O)CNC2=O)OC(CO)[C@@H](O)[C@@H]1O.O=C=O. The van der Waals surface area contributed by atoms with Gasteiger partial charge in [-0.2, -0.15) is 9.59 Å². The number of phenols is 4. The van der Waals surface area contributed by atoms with E-state index in [1.807, 2.05) is 0 Å². The quantitative estimate of drug-likeness (QED) is 0.0458. The van der Waals surface area contributed by atoms with Crippen LogP contribution in [0.2, 0.25) is 10.0 Å². The van der Waals surface area contributed by atoms with Crippen LogP contribution in [0.25, 0.3) is 11.1 Å². The van der Waals surface area contributed by atoms with Crippen molar-refractivity contribution in [1.29, 1.82) is 0 Å². The zero-order valence-electron chi connectivity index (χ0n) is 72.0. The molecule has 0 saturated carbocycles. The molecule has 22 N–H and O–H groups in total. The minimum atomic E-state index is -2.30. The normalized spacial score (nSPS) is 28.0. The summed E-state index contributed by atoms with van der Waals surface area (Å²) in [5.74, 6) is -18.3. The lowest BCUT2D eigenvalue weighted by Gasteiger charge is -2.44. The van der Waals surface area contributed by atoms with Crippen molar-refractivity contribution in [2.24, 2.45) is 5.73 Å². The Balaban J connectivity index is 0.00000501. The largest absolute Gasteiger partial charge is 0.508 e. The van der Waals surface area contributed by atoms with E-state index >= 15 is 24.0 Å². The number of fused-ring (bicyclic) bond motifs is 14. The summed E-state index contributed by atoms with van der Waals surface area (Å²) in [5, 5.41) is 175. The Hall–Kier alpha value is -11.7. The van der Waals surface area contributed by atoms with Crippen molar-refractivity contribution in [1.82, 2.24) is 31.9 Å². The van der Waals surface area contributed by atoms with Crippen LogP contribution in [-0.2, 0) is 79.9 Å². The molecule has 0 spiro atoms. The Kier molecular flexibility index (Phi) is 32.9. The summed E-state index contributed by atoms with van der Waals surface area (Å²) in [6, 6.07) is 11.2. The monoisotopic (exact) mass is 1900 g/mol. The molecule has 17 bridgehead atoms. The van der Waals surface area contributed by atoms with Crippen molar-refractivity contribution in [3.63, 3.8) is 0 Å². The maximum absolute atomic E-state index is 17.1. The summed E-state index contributed by atoms with van der Waals surface area (Å²) in [4.78, 5) is 140. The molecule has 7 aromatic carbocycles. The minimum Gasteiger partial charge on any atom is -0.508 e. The molecule has 42 heteroatoms. The number of ketones is 2. The summed E-state index contributed by atoms with van der Waals surface area (Å²) >= 11 is 14.8. The van der Waals surface area contributed by atoms with Crippen LogP contribution in [0, 0.1) is 0 Å². The van der Waals surface area contributed by atoms with Gasteiger partial charge in [-0.15, -0.1) is 0 Å². The Bertz CT molecular complexity index is 5530. The van der Waals surface area contributed by atoms with Crippen molar-refractivity contribution in [3.05, 3.63) is 164 Å². The van der Waals surface area contributed by atoms with Gasteiger partial charge in [-0.05, 0) is 131 Å². The molecular weight excluding hydrogens is 1800 g/mol. The first-order valence-electron chi connectivity index (χ1n) is 43.4. The van der Waals surface area contributed by atoms with Gasteiger partial charge < -0.3 is 152 Å². The number of carbonyl (C=O) groups excluding carboxylic acids is 10. The van der Waals surface area contributed by atoms with Crippen LogP contribution in [0.4, 0.5) is 0 Å². The number of Topliss-reactive ketones (excluding diaryl/α,β-unsaturated/α-hetero) is 2. The van der Waals surface area contributed by atoms with Crippen molar-refractivity contribution in [3.8, 4) is 80.1 Å². The number of hydrogen-bond acceptors (Lipinski definition) is 34. The Morgan fingerprint density at radius 1 is 0.507 bits per heavy atom. The lowest BCUT2D eigenvalue weighted by atomic mass is 9.85. The summed E-state index contributed by atoms with van der Waals surface area (Å²) in [6.07, 6.45) is -21.5. The average molecular weight is 1910 g/mol. The Labute approximate surface area is 774 Å². The topological polar surface area (TPSA) is 635 Å². The number of nitrogens with one attached hydrogen (secondary N) is 6. The molecule has 6 unspecified atom stereocenters. The molecule has 718 valence electrons. The molecule has 134 heavy (non-hydrogen) atoms. The van der Waals surface area contributed by atoms with Gasteiger partial charge in [0.1, 0.15) is 138 Å². The fourth-order valence-corrected chi connectivity index (χ4v) is 17.6. The maximum atomic E-state index is 17.1. The number of aliphatic hydroxyl groups is 10. The number of halogens is 2. The van der Waals surface area contributed by atoms with Crippen molar-refractivity contribution in [2.75, 3.05) is 19.8 Å². The maximum Gasteiger partial charge on any atom is 0.373 e. The van der Waals surface area contributed by atoms with Crippen LogP contribution in [0.5, 0.6) is 69.0 Å². The van der Waals surface area contributed by atoms with Crippen LogP contribution in [-0.4, -0.2) is 249 Å². The predicted octanol–water partition coefficient (Wildman–Crippen LogP) is 3.51. The lowest BCUT2D eigenvalue weighted by Crippen LogP contribution is -2.65. The molecule has 9 aliphatic heterocycles. The molecule has 16 rings (SSSR count). The summed E-state index contributed by atoms with van der Waals surface area (Å²) < 4.78 is 58.0. The first kappa shape index (κ1) is 99.7. The lowest BCUT2D eigenvalue weighted by molar-refractivity contribution is -0.284. The number of unbranched alkanes of at least 4 members (excludes halogenated alkanes) is 8. The number of rotatable bonds is 21. The zero-order chi connectivity index (χ0) is 96.4. The van der Waals surface area contributed by atoms with E-state index in [1.54, 1.807) is 0 Å². The van der Waals surface area contributed by atoms with Crippen LogP contribution >= 0.6 is 23.2 Å². The van der Waals surface area contributed by atoms with E-state index in [4.69, 9.17) is 81.2 Å². The summed E-state index contributed by atoms with van der Waals surface area (Å²) in [6.45, 7) is -0.531.